The van der Waals surface area contributed by atoms with Crippen LogP contribution in [0.4, 0.5) is 0 Å². The van der Waals surface area contributed by atoms with E-state index in [-0.39, 0.29) is 27.9 Å². The Bertz CT molecular complexity index is 1680. The fraction of sp³-hybridized carbons (Fsp3) is 0.172. The van der Waals surface area contributed by atoms with E-state index in [1.165, 1.54) is 30.3 Å². The molecule has 0 radical (unpaired) electrons. The number of aromatic hydroxyl groups is 2. The van der Waals surface area contributed by atoms with Gasteiger partial charge in [-0.2, -0.15) is 0 Å². The first kappa shape index (κ1) is 27.5. The van der Waals surface area contributed by atoms with Crippen molar-refractivity contribution in [2.75, 3.05) is 0 Å². The average Bonchev–Trinajstić information content (AvgIpc) is 3.17. The standard InChI is InChI=1S/C29H28N2O7S/c1-17(2)19-6-8-23(9-7-19)39(37,38)30-29(36)28(20-13-21(32)15-22(33)14-20)25-16-31(3)26-12-18(4-10-24(25)26)5-11-27(34)35/h4-17,28,32-33H,1-3H3,(H,30,36)(H,34,35)/b11-5+. The van der Waals surface area contributed by atoms with Crippen LogP contribution in [0.3, 0.4) is 0 Å². The van der Waals surface area contributed by atoms with E-state index in [0.29, 0.717) is 22.0 Å². The third-order valence-electron chi connectivity index (χ3n) is 6.39. The van der Waals surface area contributed by atoms with Crippen LogP contribution in [0, 0.1) is 0 Å². The molecule has 0 aliphatic carbocycles. The highest BCUT2D eigenvalue weighted by molar-refractivity contribution is 7.90. The number of aryl methyl sites for hydroxylation is 1. The van der Waals surface area contributed by atoms with E-state index in [2.05, 4.69) is 4.72 Å². The lowest BCUT2D eigenvalue weighted by atomic mass is 9.90. The molecule has 1 atom stereocenters. The molecule has 9 nitrogen and oxygen atoms in total. The van der Waals surface area contributed by atoms with Crippen molar-refractivity contribution in [3.8, 4) is 11.5 Å². The van der Waals surface area contributed by atoms with Crippen molar-refractivity contribution in [1.29, 1.82) is 0 Å². The molecule has 39 heavy (non-hydrogen) atoms. The summed E-state index contributed by atoms with van der Waals surface area (Å²) >= 11 is 0. The Morgan fingerprint density at radius 1 is 0.923 bits per heavy atom. The molecule has 0 saturated heterocycles. The zero-order valence-corrected chi connectivity index (χ0v) is 22.3. The van der Waals surface area contributed by atoms with Gasteiger partial charge in [0.15, 0.2) is 0 Å². The van der Waals surface area contributed by atoms with Gasteiger partial charge in [0.05, 0.1) is 10.8 Å². The number of carboxylic acid groups (broad SMARTS) is 1. The third kappa shape index (κ3) is 5.96. The number of nitrogens with zero attached hydrogens (tertiary/aromatic N) is 1. The number of carboxylic acids is 1. The molecule has 0 aliphatic rings. The summed E-state index contributed by atoms with van der Waals surface area (Å²) < 4.78 is 30.2. The predicted octanol–water partition coefficient (Wildman–Crippen LogP) is 4.45. The van der Waals surface area contributed by atoms with Crippen molar-refractivity contribution in [3.05, 3.63) is 95.2 Å². The molecule has 0 bridgehead atoms. The molecule has 0 spiro atoms. The highest BCUT2D eigenvalue weighted by atomic mass is 32.2. The number of amides is 1. The molecule has 1 amide bonds. The van der Waals surface area contributed by atoms with Crippen LogP contribution in [0.2, 0.25) is 0 Å². The Hall–Kier alpha value is -4.57. The second-order valence-corrected chi connectivity index (χ2v) is 11.2. The summed E-state index contributed by atoms with van der Waals surface area (Å²) in [6.45, 7) is 3.96. The predicted molar refractivity (Wildman–Crippen MR) is 147 cm³/mol. The van der Waals surface area contributed by atoms with E-state index < -0.39 is 27.8 Å². The molecule has 202 valence electrons. The molecule has 1 aromatic heterocycles. The summed E-state index contributed by atoms with van der Waals surface area (Å²) in [5.41, 5.74) is 2.82. The number of rotatable bonds is 8. The number of carbonyl (C=O) groups excluding carboxylic acids is 1. The number of phenols is 2. The molecule has 4 rings (SSSR count). The number of fused-ring (bicyclic) bond motifs is 1. The second kappa shape index (κ2) is 10.7. The van der Waals surface area contributed by atoms with Gasteiger partial charge in [0.25, 0.3) is 10.0 Å². The van der Waals surface area contributed by atoms with Gasteiger partial charge in [-0.15, -0.1) is 0 Å². The monoisotopic (exact) mass is 548 g/mol. The largest absolute Gasteiger partial charge is 0.508 e. The minimum absolute atomic E-state index is 0.0782. The number of benzene rings is 3. The molecule has 0 saturated carbocycles. The quantitative estimate of drug-likeness (QED) is 0.238. The summed E-state index contributed by atoms with van der Waals surface area (Å²) in [5, 5.41) is 29.8. The first-order valence-electron chi connectivity index (χ1n) is 12.0. The van der Waals surface area contributed by atoms with Crippen molar-refractivity contribution >= 4 is 38.9 Å². The molecule has 3 aromatic carbocycles. The highest BCUT2D eigenvalue weighted by Gasteiger charge is 2.31. The summed E-state index contributed by atoms with van der Waals surface area (Å²) in [7, 11) is -2.51. The lowest BCUT2D eigenvalue weighted by Gasteiger charge is -2.18. The number of phenolic OH excluding ortho intramolecular Hbond substituents is 2. The molecular weight excluding hydrogens is 520 g/mol. The smallest absolute Gasteiger partial charge is 0.328 e. The van der Waals surface area contributed by atoms with Crippen molar-refractivity contribution in [1.82, 2.24) is 9.29 Å². The molecule has 0 fully saturated rings. The van der Waals surface area contributed by atoms with Crippen LogP contribution in [0.5, 0.6) is 11.5 Å². The number of nitrogens with one attached hydrogen (secondary N) is 1. The van der Waals surface area contributed by atoms with E-state index in [1.807, 2.05) is 13.8 Å². The molecule has 1 unspecified atom stereocenters. The van der Waals surface area contributed by atoms with Gasteiger partial charge in [-0.25, -0.2) is 17.9 Å². The van der Waals surface area contributed by atoms with Crippen LogP contribution >= 0.6 is 0 Å². The SMILES string of the molecule is CC(C)c1ccc(S(=O)(=O)NC(=O)C(c2cc(O)cc(O)c2)c2cn(C)c3cc(/C=C/C(=O)O)ccc23)cc1. The maximum absolute atomic E-state index is 13.7. The zero-order chi connectivity index (χ0) is 28.5. The lowest BCUT2D eigenvalue weighted by molar-refractivity contribution is -0.131. The van der Waals surface area contributed by atoms with Crippen molar-refractivity contribution in [3.63, 3.8) is 0 Å². The summed E-state index contributed by atoms with van der Waals surface area (Å²) in [4.78, 5) is 24.5. The topological polar surface area (TPSA) is 146 Å². The van der Waals surface area contributed by atoms with E-state index in [0.717, 1.165) is 17.7 Å². The number of aliphatic carboxylic acids is 1. The van der Waals surface area contributed by atoms with Gasteiger partial charge in [-0.1, -0.05) is 38.1 Å². The minimum atomic E-state index is -4.25. The number of sulfonamides is 1. The maximum Gasteiger partial charge on any atom is 0.328 e. The normalized spacial score (nSPS) is 12.7. The third-order valence-corrected chi connectivity index (χ3v) is 7.75. The van der Waals surface area contributed by atoms with Crippen molar-refractivity contribution < 1.29 is 33.3 Å². The molecular formula is C29H28N2O7S. The highest BCUT2D eigenvalue weighted by Crippen LogP contribution is 2.36. The Labute approximate surface area is 225 Å². The van der Waals surface area contributed by atoms with Crippen LogP contribution < -0.4 is 4.72 Å². The van der Waals surface area contributed by atoms with E-state index in [4.69, 9.17) is 5.11 Å². The minimum Gasteiger partial charge on any atom is -0.508 e. The van der Waals surface area contributed by atoms with Crippen molar-refractivity contribution in [2.24, 2.45) is 7.05 Å². The maximum atomic E-state index is 13.7. The summed E-state index contributed by atoms with van der Waals surface area (Å²) in [5.74, 6) is -3.59. The first-order valence-corrected chi connectivity index (χ1v) is 13.5. The van der Waals surface area contributed by atoms with Crippen LogP contribution in [0.15, 0.2) is 77.8 Å². The fourth-order valence-corrected chi connectivity index (χ4v) is 5.47. The van der Waals surface area contributed by atoms with Crippen molar-refractivity contribution in [2.45, 2.75) is 30.6 Å². The molecule has 4 N–H and O–H groups in total. The van der Waals surface area contributed by atoms with Crippen LogP contribution in [0.25, 0.3) is 17.0 Å². The zero-order valence-electron chi connectivity index (χ0n) is 21.5. The molecule has 4 aromatic rings. The average molecular weight is 549 g/mol. The van der Waals surface area contributed by atoms with Crippen LogP contribution in [-0.2, 0) is 26.7 Å². The summed E-state index contributed by atoms with van der Waals surface area (Å²) in [6, 6.07) is 15.0. The first-order chi connectivity index (χ1) is 18.4. The number of carbonyl (C=O) groups is 2. The Balaban J connectivity index is 1.81. The van der Waals surface area contributed by atoms with E-state index in [1.54, 1.807) is 48.1 Å². The fourth-order valence-electron chi connectivity index (χ4n) is 4.47. The number of hydrogen-bond acceptors (Lipinski definition) is 6. The van der Waals surface area contributed by atoms with Gasteiger partial charge in [0, 0.05) is 36.3 Å². The molecule has 1 heterocycles. The summed E-state index contributed by atoms with van der Waals surface area (Å²) in [6.07, 6.45) is 4.10. The van der Waals surface area contributed by atoms with Gasteiger partial charge >= 0.3 is 5.97 Å². The second-order valence-electron chi connectivity index (χ2n) is 9.55. The number of hydrogen-bond donors (Lipinski definition) is 4. The number of aromatic nitrogens is 1. The molecule has 10 heteroatoms. The Kier molecular flexibility index (Phi) is 7.51. The van der Waals surface area contributed by atoms with Crippen LogP contribution in [0.1, 0.15) is 47.9 Å². The van der Waals surface area contributed by atoms with Gasteiger partial charge in [0.2, 0.25) is 5.91 Å². The van der Waals surface area contributed by atoms with Crippen LogP contribution in [-0.4, -0.2) is 40.2 Å². The van der Waals surface area contributed by atoms with Gasteiger partial charge < -0.3 is 19.9 Å². The molecule has 0 aliphatic heterocycles. The van der Waals surface area contributed by atoms with Gasteiger partial charge in [-0.3, -0.25) is 4.79 Å². The van der Waals surface area contributed by atoms with E-state index in [9.17, 15) is 28.2 Å². The van der Waals surface area contributed by atoms with E-state index >= 15 is 0 Å². The van der Waals surface area contributed by atoms with Gasteiger partial charge in [-0.05, 0) is 64.6 Å². The van der Waals surface area contributed by atoms with Gasteiger partial charge in [0.1, 0.15) is 11.5 Å². The lowest BCUT2D eigenvalue weighted by Crippen LogP contribution is -2.35. The Morgan fingerprint density at radius 2 is 1.56 bits per heavy atom. The Morgan fingerprint density at radius 3 is 2.15 bits per heavy atom.